The lowest BCUT2D eigenvalue weighted by atomic mass is 10.3. The molecule has 0 bridgehead atoms. The van der Waals surface area contributed by atoms with Gasteiger partial charge in [0.1, 0.15) is 12.7 Å². The molecule has 188 valence electrons. The quantitative estimate of drug-likeness (QED) is 0.277. The fourth-order valence-corrected chi connectivity index (χ4v) is 3.20. The van der Waals surface area contributed by atoms with E-state index in [0.717, 1.165) is 12.8 Å². The molecule has 0 N–H and O–H groups in total. The van der Waals surface area contributed by atoms with Crippen LogP contribution in [0.1, 0.15) is 41.5 Å². The minimum absolute atomic E-state index is 0. The summed E-state index contributed by atoms with van der Waals surface area (Å²) in [5.41, 5.74) is 0. The summed E-state index contributed by atoms with van der Waals surface area (Å²) >= 11 is 0. The zero-order valence-electron chi connectivity index (χ0n) is 18.4. The van der Waals surface area contributed by atoms with Gasteiger partial charge in [0.25, 0.3) is 0 Å². The molecule has 0 heterocycles. The van der Waals surface area contributed by atoms with E-state index in [4.69, 9.17) is 37.0 Å². The third-order valence-corrected chi connectivity index (χ3v) is 6.82. The molecular weight excluding hydrogens is 438 g/mol. The molecule has 0 aliphatic heterocycles. The molecule has 0 aliphatic rings. The molecule has 0 radical (unpaired) electrons. The van der Waals surface area contributed by atoms with Gasteiger partial charge in [0, 0.05) is 42.7 Å². The van der Waals surface area contributed by atoms with E-state index in [-0.39, 0.29) is 39.8 Å². The van der Waals surface area contributed by atoms with Crippen molar-refractivity contribution in [2.45, 2.75) is 53.8 Å². The fourth-order valence-electron chi connectivity index (χ4n) is 1.69. The Morgan fingerprint density at radius 2 is 0.867 bits per heavy atom. The van der Waals surface area contributed by atoms with Crippen molar-refractivity contribution < 1.29 is 46.2 Å². The first-order valence-electron chi connectivity index (χ1n) is 8.85. The third kappa shape index (κ3) is 17.8. The van der Waals surface area contributed by atoms with E-state index in [1.54, 1.807) is 14.2 Å². The van der Waals surface area contributed by atoms with E-state index in [9.17, 15) is 9.13 Å². The molecule has 10 nitrogen and oxygen atoms in total. The summed E-state index contributed by atoms with van der Waals surface area (Å²) in [5.74, 6) is 0. The van der Waals surface area contributed by atoms with Gasteiger partial charge in [-0.2, -0.15) is 0 Å². The molecule has 0 aliphatic carbocycles. The van der Waals surface area contributed by atoms with Crippen LogP contribution in [0.25, 0.3) is 0 Å². The normalized spacial score (nSPS) is 13.3. The molecule has 0 rings (SSSR count). The van der Waals surface area contributed by atoms with Crippen molar-refractivity contribution in [1.82, 2.24) is 0 Å². The average molecular weight is 485 g/mol. The zero-order valence-corrected chi connectivity index (χ0v) is 20.2. The summed E-state index contributed by atoms with van der Waals surface area (Å²) < 4.78 is 62.6. The van der Waals surface area contributed by atoms with Gasteiger partial charge in [-0.25, -0.2) is 0 Å². The summed E-state index contributed by atoms with van der Waals surface area (Å²) in [6.07, 6.45) is 1.36. The minimum atomic E-state index is -3.05. The first-order valence-corrected chi connectivity index (χ1v) is 12.3. The lowest BCUT2D eigenvalue weighted by molar-refractivity contribution is 0.00952. The van der Waals surface area contributed by atoms with Gasteiger partial charge in [0.15, 0.2) is 0 Å². The second-order valence-electron chi connectivity index (χ2n) is 5.51. The Hall–Kier alpha value is 0.140. The summed E-state index contributed by atoms with van der Waals surface area (Å²) in [5, 5.41) is 0. The molecule has 2 atom stereocenters. The Balaban J connectivity index is -0.000000211. The first-order chi connectivity index (χ1) is 13.2. The van der Waals surface area contributed by atoms with Crippen LogP contribution in [0.5, 0.6) is 0 Å². The van der Waals surface area contributed by atoms with Gasteiger partial charge in [0.2, 0.25) is 0 Å². The number of ether oxygens (including phenoxy) is 4. The van der Waals surface area contributed by atoms with Crippen molar-refractivity contribution in [3.8, 4) is 0 Å². The Bertz CT molecular complexity index is 395. The molecule has 30 heavy (non-hydrogen) atoms. The van der Waals surface area contributed by atoms with Crippen LogP contribution < -0.4 is 0 Å². The average Bonchev–Trinajstić information content (AvgIpc) is 2.73. The summed E-state index contributed by atoms with van der Waals surface area (Å²) in [6.45, 7) is 4.89. The molecule has 0 saturated heterocycles. The zero-order chi connectivity index (χ0) is 22.1. The van der Waals surface area contributed by atoms with Crippen LogP contribution in [0.4, 0.5) is 0 Å². The highest BCUT2D eigenvalue weighted by Crippen LogP contribution is 2.47. The van der Waals surface area contributed by atoms with Crippen LogP contribution >= 0.6 is 15.2 Å². The van der Waals surface area contributed by atoms with Crippen LogP contribution in [-0.4, -0.2) is 80.8 Å². The topological polar surface area (TPSA) is 108 Å². The van der Waals surface area contributed by atoms with Crippen molar-refractivity contribution in [2.24, 2.45) is 0 Å². The summed E-state index contributed by atoms with van der Waals surface area (Å²) in [7, 11) is 2.44. The maximum atomic E-state index is 11.6. The molecule has 0 fully saturated rings. The largest absolute Gasteiger partial charge is 0.382 e. The minimum Gasteiger partial charge on any atom is -0.382 e. The van der Waals surface area contributed by atoms with Crippen molar-refractivity contribution in [3.05, 3.63) is 0 Å². The highest BCUT2D eigenvalue weighted by molar-refractivity contribution is 7.53. The molecule has 0 aromatic carbocycles. The van der Waals surface area contributed by atoms with Crippen molar-refractivity contribution >= 4 is 15.2 Å². The Kier molecular flexibility index (Phi) is 27.9. The molecule has 0 amide bonds. The maximum absolute atomic E-state index is 11.6. The predicted octanol–water partition coefficient (Wildman–Crippen LogP) is 5.02. The molecule has 12 heteroatoms. The highest BCUT2D eigenvalue weighted by atomic mass is 31.2. The van der Waals surface area contributed by atoms with Crippen LogP contribution in [0.3, 0.4) is 0 Å². The van der Waals surface area contributed by atoms with Crippen molar-refractivity contribution in [3.63, 3.8) is 0 Å². The second-order valence-corrected chi connectivity index (χ2v) is 9.94. The van der Waals surface area contributed by atoms with Gasteiger partial charge < -0.3 is 37.0 Å². The number of rotatable bonds is 16. The molecule has 0 aromatic rings. The Morgan fingerprint density at radius 3 is 1.03 bits per heavy atom. The van der Waals surface area contributed by atoms with Gasteiger partial charge in [-0.3, -0.25) is 9.13 Å². The van der Waals surface area contributed by atoms with Gasteiger partial charge in [-0.1, -0.05) is 28.7 Å². The van der Waals surface area contributed by atoms with Crippen LogP contribution in [0.2, 0.25) is 0 Å². The van der Waals surface area contributed by atoms with E-state index in [0.29, 0.717) is 13.2 Å². The Labute approximate surface area is 184 Å². The second kappa shape index (κ2) is 22.3. The van der Waals surface area contributed by atoms with Gasteiger partial charge in [0.05, 0.1) is 25.4 Å². The van der Waals surface area contributed by atoms with Crippen LogP contribution in [0.15, 0.2) is 0 Å². The van der Waals surface area contributed by atoms with Crippen molar-refractivity contribution in [2.75, 3.05) is 68.6 Å². The van der Waals surface area contributed by atoms with E-state index >= 15 is 0 Å². The molecule has 0 spiro atoms. The lowest BCUT2D eigenvalue weighted by Crippen LogP contribution is -2.19. The standard InChI is InChI=1S/2C8H19O5P.2CH4/c2*1-5-8(6-10-2)13-7-14(9,11-3)12-4;;/h2*8H,5-7H2,1-4H3;2*1H4/t2*8-;;/m00../s1. The van der Waals surface area contributed by atoms with E-state index in [2.05, 4.69) is 0 Å². The number of hydrogen-bond acceptors (Lipinski definition) is 10. The SMILES string of the molecule is C.C.CC[C@@H](COC)OCP(=O)(OC)OC.CC[C@@H](COC)OCP(=O)(OC)OC. The Morgan fingerprint density at radius 1 is 0.600 bits per heavy atom. The highest BCUT2D eigenvalue weighted by Gasteiger charge is 2.24. The monoisotopic (exact) mass is 484 g/mol. The summed E-state index contributed by atoms with van der Waals surface area (Å²) in [4.78, 5) is 0. The van der Waals surface area contributed by atoms with Gasteiger partial charge >= 0.3 is 15.2 Å². The fraction of sp³-hybridized carbons (Fsp3) is 1.00. The predicted molar refractivity (Wildman–Crippen MR) is 121 cm³/mol. The lowest BCUT2D eigenvalue weighted by Gasteiger charge is -2.18. The van der Waals surface area contributed by atoms with Gasteiger partial charge in [-0.15, -0.1) is 0 Å². The maximum Gasteiger partial charge on any atom is 0.355 e. The molecule has 0 unspecified atom stereocenters. The third-order valence-electron chi connectivity index (χ3n) is 3.67. The van der Waals surface area contributed by atoms with Crippen LogP contribution in [-0.2, 0) is 46.2 Å². The summed E-state index contributed by atoms with van der Waals surface area (Å²) in [6, 6.07) is 0. The molecule has 0 saturated carbocycles. The first kappa shape index (κ1) is 37.5. The van der Waals surface area contributed by atoms with E-state index in [1.807, 2.05) is 13.8 Å². The van der Waals surface area contributed by atoms with E-state index in [1.165, 1.54) is 28.4 Å². The van der Waals surface area contributed by atoms with E-state index < -0.39 is 15.2 Å². The van der Waals surface area contributed by atoms with Crippen molar-refractivity contribution in [1.29, 1.82) is 0 Å². The molecular formula is C18H46O10P2. The smallest absolute Gasteiger partial charge is 0.355 e. The number of methoxy groups -OCH3 is 2. The van der Waals surface area contributed by atoms with Crippen LogP contribution in [0, 0.1) is 0 Å². The molecule has 0 aromatic heterocycles. The number of hydrogen-bond donors (Lipinski definition) is 0. The van der Waals surface area contributed by atoms with Gasteiger partial charge in [-0.05, 0) is 12.8 Å².